The summed E-state index contributed by atoms with van der Waals surface area (Å²) in [6.07, 6.45) is 0. The topological polar surface area (TPSA) is 20.3 Å². The number of anilines is 1. The molecule has 0 bridgehead atoms. The van der Waals surface area contributed by atoms with Gasteiger partial charge in [0.2, 0.25) is 7.29 Å². The molecule has 1 heterocycles. The molecule has 1 aliphatic rings. The average Bonchev–Trinajstić information content (AvgIpc) is 2.72. The van der Waals surface area contributed by atoms with E-state index in [1.807, 2.05) is 78.4 Å². The average molecular weight is 390 g/mol. The van der Waals surface area contributed by atoms with E-state index in [2.05, 4.69) is 18.2 Å². The summed E-state index contributed by atoms with van der Waals surface area (Å²) in [5, 5.41) is 4.60. The van der Waals surface area contributed by atoms with Gasteiger partial charge in [0.05, 0.1) is 5.69 Å². The molecular formula is C23H17ClNOP. The van der Waals surface area contributed by atoms with Crippen molar-refractivity contribution in [3.8, 4) is 11.1 Å². The third kappa shape index (κ3) is 2.31. The highest BCUT2D eigenvalue weighted by Gasteiger charge is 2.40. The molecule has 0 saturated carbocycles. The number of benzene rings is 4. The summed E-state index contributed by atoms with van der Waals surface area (Å²) in [7, 11) is -1.12. The third-order valence-electron chi connectivity index (χ3n) is 5.34. The Balaban J connectivity index is 1.96. The molecule has 2 nitrogen and oxygen atoms in total. The normalized spacial score (nSPS) is 18.2. The Kier molecular flexibility index (Phi) is 3.69. The fourth-order valence-corrected chi connectivity index (χ4v) is 7.02. The number of hydrogen-bond donors (Lipinski definition) is 0. The van der Waals surface area contributed by atoms with Crippen molar-refractivity contribution in [1.82, 2.24) is 0 Å². The first-order valence-corrected chi connectivity index (χ1v) is 10.9. The zero-order valence-electron chi connectivity index (χ0n) is 14.8. The summed E-state index contributed by atoms with van der Waals surface area (Å²) in [5.74, 6) is 0. The summed E-state index contributed by atoms with van der Waals surface area (Å²) in [4.78, 5) is 0. The van der Waals surface area contributed by atoms with Gasteiger partial charge >= 0.3 is 0 Å². The van der Waals surface area contributed by atoms with Gasteiger partial charge in [-0.3, -0.25) is 4.57 Å². The number of rotatable bonds is 1. The SMILES string of the molecule is CN1c2cc(Cl)ccc2-c2c(ccc3ccccc23)P1(=O)c1ccccc1. The molecular weight excluding hydrogens is 373 g/mol. The van der Waals surface area contributed by atoms with Gasteiger partial charge in [0.25, 0.3) is 0 Å². The van der Waals surface area contributed by atoms with Crippen LogP contribution in [0.2, 0.25) is 5.02 Å². The summed E-state index contributed by atoms with van der Waals surface area (Å²) >= 11 is 6.31. The number of fused-ring (bicyclic) bond motifs is 5. The van der Waals surface area contributed by atoms with Gasteiger partial charge in [-0.2, -0.15) is 0 Å². The van der Waals surface area contributed by atoms with Crippen LogP contribution in [0.15, 0.2) is 84.9 Å². The minimum atomic E-state index is -3.03. The van der Waals surface area contributed by atoms with Crippen molar-refractivity contribution in [3.05, 3.63) is 90.0 Å². The van der Waals surface area contributed by atoms with Crippen LogP contribution in [0.3, 0.4) is 0 Å². The molecule has 4 heteroatoms. The van der Waals surface area contributed by atoms with E-state index in [9.17, 15) is 4.57 Å². The second-order valence-corrected chi connectivity index (χ2v) is 9.96. The number of halogens is 1. The van der Waals surface area contributed by atoms with Crippen LogP contribution < -0.4 is 15.3 Å². The minimum absolute atomic E-state index is 0.642. The van der Waals surface area contributed by atoms with Gasteiger partial charge in [0.15, 0.2) is 0 Å². The van der Waals surface area contributed by atoms with E-state index in [-0.39, 0.29) is 0 Å². The largest absolute Gasteiger partial charge is 0.318 e. The standard InChI is InChI=1S/C23H17ClNOP/c1-25-21-15-17(24)12-13-20(21)23-19-10-6-5-7-16(19)11-14-22(23)27(25,26)18-8-3-2-4-9-18/h2-15H,1H3. The highest BCUT2D eigenvalue weighted by atomic mass is 35.5. The molecule has 0 aliphatic carbocycles. The van der Waals surface area contributed by atoms with Crippen LogP contribution in [0.25, 0.3) is 21.9 Å². The quantitative estimate of drug-likeness (QED) is 0.381. The maximum absolute atomic E-state index is 14.6. The van der Waals surface area contributed by atoms with E-state index >= 15 is 0 Å². The van der Waals surface area contributed by atoms with Gasteiger partial charge in [0, 0.05) is 33.8 Å². The molecule has 27 heavy (non-hydrogen) atoms. The number of hydrogen-bond acceptors (Lipinski definition) is 1. The van der Waals surface area contributed by atoms with E-state index in [0.717, 1.165) is 38.2 Å². The van der Waals surface area contributed by atoms with Crippen molar-refractivity contribution < 1.29 is 4.57 Å². The molecule has 0 amide bonds. The van der Waals surface area contributed by atoms with Crippen LogP contribution in [-0.4, -0.2) is 7.05 Å². The van der Waals surface area contributed by atoms with Crippen molar-refractivity contribution in [2.75, 3.05) is 11.7 Å². The van der Waals surface area contributed by atoms with Crippen LogP contribution in [0.4, 0.5) is 5.69 Å². The van der Waals surface area contributed by atoms with Crippen LogP contribution >= 0.6 is 18.9 Å². The Morgan fingerprint density at radius 1 is 0.852 bits per heavy atom. The zero-order valence-corrected chi connectivity index (χ0v) is 16.4. The second-order valence-electron chi connectivity index (χ2n) is 6.78. The molecule has 1 aliphatic heterocycles. The van der Waals surface area contributed by atoms with E-state index in [0.29, 0.717) is 5.02 Å². The highest BCUT2D eigenvalue weighted by molar-refractivity contribution is 7.80. The Morgan fingerprint density at radius 3 is 2.41 bits per heavy atom. The Labute approximate surface area is 163 Å². The van der Waals surface area contributed by atoms with Crippen molar-refractivity contribution in [2.24, 2.45) is 0 Å². The van der Waals surface area contributed by atoms with Crippen molar-refractivity contribution >= 4 is 46.0 Å². The van der Waals surface area contributed by atoms with E-state index in [1.165, 1.54) is 0 Å². The second kappa shape index (κ2) is 5.99. The maximum atomic E-state index is 14.6. The Hall–Kier alpha value is -2.54. The fraction of sp³-hybridized carbons (Fsp3) is 0.0435. The lowest BCUT2D eigenvalue weighted by molar-refractivity contribution is 0.586. The van der Waals surface area contributed by atoms with Crippen LogP contribution in [0.5, 0.6) is 0 Å². The molecule has 4 aromatic carbocycles. The molecule has 0 aromatic heterocycles. The predicted molar refractivity (Wildman–Crippen MR) is 116 cm³/mol. The summed E-state index contributed by atoms with van der Waals surface area (Å²) in [6.45, 7) is 0. The van der Waals surface area contributed by atoms with E-state index in [4.69, 9.17) is 11.6 Å². The smallest absolute Gasteiger partial charge is 0.230 e. The lowest BCUT2D eigenvalue weighted by Crippen LogP contribution is -2.34. The monoisotopic (exact) mass is 389 g/mol. The lowest BCUT2D eigenvalue weighted by atomic mass is 9.96. The van der Waals surface area contributed by atoms with Crippen molar-refractivity contribution in [1.29, 1.82) is 0 Å². The van der Waals surface area contributed by atoms with Gasteiger partial charge in [-0.05, 0) is 41.1 Å². The molecule has 0 spiro atoms. The first-order chi connectivity index (χ1) is 13.1. The Morgan fingerprint density at radius 2 is 1.59 bits per heavy atom. The summed E-state index contributed by atoms with van der Waals surface area (Å²) in [5.41, 5.74) is 3.01. The van der Waals surface area contributed by atoms with Gasteiger partial charge in [-0.25, -0.2) is 0 Å². The van der Waals surface area contributed by atoms with Crippen molar-refractivity contribution in [3.63, 3.8) is 0 Å². The third-order valence-corrected chi connectivity index (χ3v) is 8.66. The molecule has 1 atom stereocenters. The molecule has 132 valence electrons. The molecule has 0 saturated heterocycles. The summed E-state index contributed by atoms with van der Waals surface area (Å²) < 4.78 is 16.5. The predicted octanol–water partition coefficient (Wildman–Crippen LogP) is 5.84. The van der Waals surface area contributed by atoms with Gasteiger partial charge < -0.3 is 4.67 Å². The first kappa shape index (κ1) is 16.6. The lowest BCUT2D eigenvalue weighted by Gasteiger charge is -2.38. The van der Waals surface area contributed by atoms with Crippen LogP contribution in [0.1, 0.15) is 0 Å². The molecule has 0 radical (unpaired) electrons. The van der Waals surface area contributed by atoms with E-state index in [1.54, 1.807) is 0 Å². The highest BCUT2D eigenvalue weighted by Crippen LogP contribution is 2.58. The first-order valence-electron chi connectivity index (χ1n) is 8.83. The molecule has 1 unspecified atom stereocenters. The van der Waals surface area contributed by atoms with Gasteiger partial charge in [-0.15, -0.1) is 0 Å². The molecule has 4 aromatic rings. The van der Waals surface area contributed by atoms with Crippen molar-refractivity contribution in [2.45, 2.75) is 0 Å². The molecule has 0 N–H and O–H groups in total. The Bertz CT molecular complexity index is 1240. The van der Waals surface area contributed by atoms with E-state index < -0.39 is 7.29 Å². The van der Waals surface area contributed by atoms with Gasteiger partial charge in [0.1, 0.15) is 0 Å². The summed E-state index contributed by atoms with van der Waals surface area (Å²) in [6, 6.07) is 27.9. The molecule has 5 rings (SSSR count). The minimum Gasteiger partial charge on any atom is -0.318 e. The van der Waals surface area contributed by atoms with Gasteiger partial charge in [-0.1, -0.05) is 66.2 Å². The molecule has 0 fully saturated rings. The van der Waals surface area contributed by atoms with Crippen LogP contribution in [-0.2, 0) is 4.57 Å². The fourth-order valence-electron chi connectivity index (χ4n) is 4.04. The number of nitrogens with zero attached hydrogens (tertiary/aromatic N) is 1. The maximum Gasteiger partial charge on any atom is 0.230 e. The zero-order chi connectivity index (χ0) is 18.6. The van der Waals surface area contributed by atoms with Crippen LogP contribution in [0, 0.1) is 0 Å².